The van der Waals surface area contributed by atoms with E-state index in [2.05, 4.69) is 0 Å². The number of halogens is 3. The fourth-order valence-corrected chi connectivity index (χ4v) is 2.60. The Labute approximate surface area is 139 Å². The molecule has 0 radical (unpaired) electrons. The zero-order valence-corrected chi connectivity index (χ0v) is 14.1. The van der Waals surface area contributed by atoms with Gasteiger partial charge in [0, 0.05) is 5.54 Å². The van der Waals surface area contributed by atoms with Gasteiger partial charge in [-0.1, -0.05) is 25.1 Å². The van der Waals surface area contributed by atoms with Gasteiger partial charge < -0.3 is 10.0 Å². The molecule has 1 aromatic carbocycles. The van der Waals surface area contributed by atoms with Gasteiger partial charge in [-0.05, 0) is 38.8 Å². The van der Waals surface area contributed by atoms with E-state index >= 15 is 0 Å². The molecular weight excluding hydrogens is 323 g/mol. The van der Waals surface area contributed by atoms with Crippen molar-refractivity contribution in [3.63, 3.8) is 0 Å². The lowest BCUT2D eigenvalue weighted by Crippen LogP contribution is -2.55. The van der Waals surface area contributed by atoms with Crippen molar-refractivity contribution in [2.24, 2.45) is 0 Å². The van der Waals surface area contributed by atoms with Crippen LogP contribution in [-0.2, 0) is 22.2 Å². The molecule has 0 aliphatic rings. The van der Waals surface area contributed by atoms with Crippen LogP contribution in [0, 0.1) is 0 Å². The van der Waals surface area contributed by atoms with Gasteiger partial charge in [-0.15, -0.1) is 0 Å². The number of nitrogens with zero attached hydrogens (tertiary/aromatic N) is 1. The normalized spacial score (nSPS) is 13.5. The highest BCUT2D eigenvalue weighted by atomic mass is 19.4. The van der Waals surface area contributed by atoms with E-state index in [9.17, 15) is 27.9 Å². The van der Waals surface area contributed by atoms with Crippen molar-refractivity contribution >= 4 is 11.9 Å². The van der Waals surface area contributed by atoms with Crippen LogP contribution in [0.5, 0.6) is 0 Å². The molecule has 1 aromatic rings. The second-order valence-electron chi connectivity index (χ2n) is 6.57. The Kier molecular flexibility index (Phi) is 6.03. The molecule has 1 rings (SSSR count). The van der Waals surface area contributed by atoms with Gasteiger partial charge in [0.2, 0.25) is 5.91 Å². The molecule has 0 spiro atoms. The van der Waals surface area contributed by atoms with Gasteiger partial charge in [0.1, 0.15) is 6.04 Å². The van der Waals surface area contributed by atoms with Crippen molar-refractivity contribution in [3.8, 4) is 0 Å². The highest BCUT2D eigenvalue weighted by Gasteiger charge is 2.36. The van der Waals surface area contributed by atoms with Crippen molar-refractivity contribution < 1.29 is 27.9 Å². The van der Waals surface area contributed by atoms with Crippen molar-refractivity contribution in [1.29, 1.82) is 0 Å². The van der Waals surface area contributed by atoms with E-state index in [0.717, 1.165) is 12.1 Å². The summed E-state index contributed by atoms with van der Waals surface area (Å²) in [4.78, 5) is 25.3. The Balaban J connectivity index is 3.12. The second kappa shape index (κ2) is 7.23. The molecule has 0 aliphatic carbocycles. The molecule has 0 saturated carbocycles. The quantitative estimate of drug-likeness (QED) is 0.884. The standard InChI is InChI=1S/C17H22F3NO3/c1-5-13(15(23)24)21(16(2,3)4)14(22)10-11-7-6-8-12(9-11)17(18,19)20/h6-9,13H,5,10H2,1-4H3,(H,23,24). The number of carboxylic acid groups (broad SMARTS) is 1. The van der Waals surface area contributed by atoms with Gasteiger partial charge in [-0.3, -0.25) is 4.79 Å². The summed E-state index contributed by atoms with van der Waals surface area (Å²) in [6.07, 6.45) is -4.57. The van der Waals surface area contributed by atoms with Crippen LogP contribution in [0.15, 0.2) is 24.3 Å². The van der Waals surface area contributed by atoms with Crippen LogP contribution >= 0.6 is 0 Å². The summed E-state index contributed by atoms with van der Waals surface area (Å²) >= 11 is 0. The monoisotopic (exact) mass is 345 g/mol. The predicted molar refractivity (Wildman–Crippen MR) is 83.5 cm³/mol. The largest absolute Gasteiger partial charge is 0.480 e. The van der Waals surface area contributed by atoms with E-state index in [1.165, 1.54) is 17.0 Å². The molecule has 7 heteroatoms. The highest BCUT2D eigenvalue weighted by molar-refractivity contribution is 5.85. The minimum absolute atomic E-state index is 0.198. The minimum atomic E-state index is -4.49. The first kappa shape index (κ1) is 20.0. The van der Waals surface area contributed by atoms with E-state index in [-0.39, 0.29) is 18.4 Å². The van der Waals surface area contributed by atoms with E-state index in [4.69, 9.17) is 0 Å². The molecule has 134 valence electrons. The summed E-state index contributed by atoms with van der Waals surface area (Å²) in [7, 11) is 0. The van der Waals surface area contributed by atoms with E-state index in [0.29, 0.717) is 0 Å². The number of aliphatic carboxylic acids is 1. The number of amides is 1. The average Bonchev–Trinajstić information content (AvgIpc) is 2.41. The average molecular weight is 345 g/mol. The summed E-state index contributed by atoms with van der Waals surface area (Å²) in [6.45, 7) is 6.74. The Bertz CT molecular complexity index is 606. The highest BCUT2D eigenvalue weighted by Crippen LogP contribution is 2.30. The van der Waals surface area contributed by atoms with E-state index in [1.807, 2.05) is 0 Å². The summed E-state index contributed by atoms with van der Waals surface area (Å²) < 4.78 is 38.3. The zero-order valence-electron chi connectivity index (χ0n) is 14.1. The molecule has 0 bridgehead atoms. The fraction of sp³-hybridized carbons (Fsp3) is 0.529. The zero-order chi connectivity index (χ0) is 18.7. The third-order valence-electron chi connectivity index (χ3n) is 3.58. The van der Waals surface area contributed by atoms with Gasteiger partial charge in [-0.25, -0.2) is 4.79 Å². The van der Waals surface area contributed by atoms with Gasteiger partial charge in [0.05, 0.1) is 12.0 Å². The second-order valence-corrected chi connectivity index (χ2v) is 6.57. The first-order chi connectivity index (χ1) is 10.9. The number of carboxylic acids is 1. The number of hydrogen-bond acceptors (Lipinski definition) is 2. The van der Waals surface area contributed by atoms with Gasteiger partial charge >= 0.3 is 12.1 Å². The van der Waals surface area contributed by atoms with Gasteiger partial charge in [-0.2, -0.15) is 13.2 Å². The third kappa shape index (κ3) is 4.97. The Morgan fingerprint density at radius 3 is 2.21 bits per heavy atom. The molecule has 0 saturated heterocycles. The summed E-state index contributed by atoms with van der Waals surface area (Å²) in [5.41, 5.74) is -1.40. The van der Waals surface area contributed by atoms with Crippen LogP contribution in [0.1, 0.15) is 45.2 Å². The molecule has 0 heterocycles. The van der Waals surface area contributed by atoms with Crippen LogP contribution in [0.25, 0.3) is 0 Å². The molecule has 4 nitrogen and oxygen atoms in total. The SMILES string of the molecule is CCC(C(=O)O)N(C(=O)Cc1cccc(C(F)(F)F)c1)C(C)(C)C. The van der Waals surface area contributed by atoms with Crippen molar-refractivity contribution in [3.05, 3.63) is 35.4 Å². The molecule has 0 aromatic heterocycles. The Morgan fingerprint density at radius 1 is 1.21 bits per heavy atom. The van der Waals surface area contributed by atoms with Crippen LogP contribution in [-0.4, -0.2) is 33.5 Å². The number of hydrogen-bond donors (Lipinski definition) is 1. The molecule has 24 heavy (non-hydrogen) atoms. The first-order valence-corrected chi connectivity index (χ1v) is 7.59. The summed E-state index contributed by atoms with van der Waals surface area (Å²) in [5, 5.41) is 9.33. The lowest BCUT2D eigenvalue weighted by Gasteiger charge is -2.39. The smallest absolute Gasteiger partial charge is 0.416 e. The lowest BCUT2D eigenvalue weighted by atomic mass is 9.98. The maximum absolute atomic E-state index is 12.8. The third-order valence-corrected chi connectivity index (χ3v) is 3.58. The summed E-state index contributed by atoms with van der Waals surface area (Å²) in [5.74, 6) is -1.65. The lowest BCUT2D eigenvalue weighted by molar-refractivity contribution is -0.154. The molecule has 1 N–H and O–H groups in total. The van der Waals surface area contributed by atoms with Crippen molar-refractivity contribution in [2.45, 2.75) is 58.3 Å². The van der Waals surface area contributed by atoms with Crippen molar-refractivity contribution in [2.75, 3.05) is 0 Å². The van der Waals surface area contributed by atoms with Crippen molar-refractivity contribution in [1.82, 2.24) is 4.90 Å². The Morgan fingerprint density at radius 2 is 1.79 bits per heavy atom. The number of carbonyl (C=O) groups is 2. The molecule has 0 aliphatic heterocycles. The maximum atomic E-state index is 12.8. The summed E-state index contributed by atoms with van der Waals surface area (Å²) in [6, 6.07) is 3.49. The number of rotatable bonds is 5. The van der Waals surface area contributed by atoms with Crippen LogP contribution in [0.4, 0.5) is 13.2 Å². The van der Waals surface area contributed by atoms with E-state index in [1.54, 1.807) is 27.7 Å². The number of carbonyl (C=O) groups excluding carboxylic acids is 1. The molecule has 0 fully saturated rings. The topological polar surface area (TPSA) is 57.6 Å². The van der Waals surface area contributed by atoms with Gasteiger partial charge in [0.25, 0.3) is 0 Å². The molecular formula is C17H22F3NO3. The fourth-order valence-electron chi connectivity index (χ4n) is 2.60. The maximum Gasteiger partial charge on any atom is 0.416 e. The predicted octanol–water partition coefficient (Wildman–Crippen LogP) is 3.74. The minimum Gasteiger partial charge on any atom is -0.480 e. The van der Waals surface area contributed by atoms with Crippen LogP contribution in [0.3, 0.4) is 0 Å². The van der Waals surface area contributed by atoms with Gasteiger partial charge in [0.15, 0.2) is 0 Å². The van der Waals surface area contributed by atoms with Crippen LogP contribution in [0.2, 0.25) is 0 Å². The van der Waals surface area contributed by atoms with E-state index < -0.39 is 35.2 Å². The van der Waals surface area contributed by atoms with Crippen LogP contribution < -0.4 is 0 Å². The molecule has 1 amide bonds. The Hall–Kier alpha value is -2.05. The number of alkyl halides is 3. The first-order valence-electron chi connectivity index (χ1n) is 7.59. The molecule has 1 unspecified atom stereocenters. The molecule has 1 atom stereocenters. The number of benzene rings is 1.